The highest BCUT2D eigenvalue weighted by molar-refractivity contribution is 6.29. The van der Waals surface area contributed by atoms with E-state index in [-0.39, 0.29) is 11.1 Å². The Morgan fingerprint density at radius 1 is 1.17 bits per heavy atom. The number of aliphatic carboxylic acids is 1. The molecule has 2 rings (SSSR count). The number of carboxylic acid groups (broad SMARTS) is 1. The molecule has 122 valence electrons. The zero-order valence-corrected chi connectivity index (χ0v) is 12.5. The van der Waals surface area contributed by atoms with E-state index in [2.05, 4.69) is 0 Å². The van der Waals surface area contributed by atoms with Crippen LogP contribution in [-0.2, 0) is 19.8 Å². The fraction of sp³-hybridized carbons (Fsp3) is 0.375. The molecule has 1 N–H and O–H groups in total. The van der Waals surface area contributed by atoms with Gasteiger partial charge in [-0.05, 0) is 26.0 Å². The lowest BCUT2D eigenvalue weighted by Gasteiger charge is -2.34. The molecule has 0 aromatic heterocycles. The fourth-order valence-electron chi connectivity index (χ4n) is 2.79. The van der Waals surface area contributed by atoms with Crippen LogP contribution >= 0.6 is 0 Å². The van der Waals surface area contributed by atoms with Crippen molar-refractivity contribution in [3.8, 4) is 0 Å². The Morgan fingerprint density at radius 3 is 2.35 bits per heavy atom. The van der Waals surface area contributed by atoms with Gasteiger partial charge in [-0.3, -0.25) is 19.2 Å². The topological polar surface area (TPSA) is 88.5 Å². The molecule has 1 aliphatic rings. The van der Waals surface area contributed by atoms with Crippen molar-refractivity contribution in [2.24, 2.45) is 5.92 Å². The second kappa shape index (κ2) is 5.64. The van der Waals surface area contributed by atoms with Crippen LogP contribution in [-0.4, -0.2) is 28.4 Å². The molecule has 1 atom stereocenters. The molecule has 7 heteroatoms. The van der Waals surface area contributed by atoms with Gasteiger partial charge in [0.1, 0.15) is 5.92 Å². The van der Waals surface area contributed by atoms with Crippen molar-refractivity contribution in [2.45, 2.75) is 32.1 Å². The molecular weight excluding hydrogens is 310 g/mol. The highest BCUT2D eigenvalue weighted by Gasteiger charge is 2.50. The number of carbonyl (C=O) groups excluding carboxylic acids is 3. The number of benzene rings is 1. The molecule has 23 heavy (non-hydrogen) atoms. The minimum atomic E-state index is -1.68. The number of carbonyl (C=O) groups is 4. The van der Waals surface area contributed by atoms with Crippen LogP contribution in [0.3, 0.4) is 0 Å². The van der Waals surface area contributed by atoms with Crippen molar-refractivity contribution < 1.29 is 33.1 Å². The number of rotatable bonds is 4. The van der Waals surface area contributed by atoms with Crippen LogP contribution in [0.15, 0.2) is 12.1 Å². The molecule has 1 aliphatic carbocycles. The predicted molar refractivity (Wildman–Crippen MR) is 74.1 cm³/mol. The maximum atomic E-state index is 14.1. The van der Waals surface area contributed by atoms with Crippen molar-refractivity contribution >= 4 is 23.3 Å². The van der Waals surface area contributed by atoms with Gasteiger partial charge in [0.05, 0.1) is 11.8 Å². The van der Waals surface area contributed by atoms with E-state index in [9.17, 15) is 28.0 Å². The molecule has 5 nitrogen and oxygen atoms in total. The van der Waals surface area contributed by atoms with Gasteiger partial charge in [-0.25, -0.2) is 8.78 Å². The first-order valence-corrected chi connectivity index (χ1v) is 6.90. The van der Waals surface area contributed by atoms with Crippen LogP contribution in [0.2, 0.25) is 0 Å². The summed E-state index contributed by atoms with van der Waals surface area (Å²) >= 11 is 0. The van der Waals surface area contributed by atoms with Crippen LogP contribution in [0.1, 0.15) is 42.6 Å². The second-order valence-electron chi connectivity index (χ2n) is 5.93. The summed E-state index contributed by atoms with van der Waals surface area (Å²) in [4.78, 5) is 47.5. The quantitative estimate of drug-likeness (QED) is 0.856. The summed E-state index contributed by atoms with van der Waals surface area (Å²) in [6.07, 6.45) is -0.993. The summed E-state index contributed by atoms with van der Waals surface area (Å²) < 4.78 is 27.5. The van der Waals surface area contributed by atoms with E-state index in [0.717, 1.165) is 12.1 Å². The van der Waals surface area contributed by atoms with Crippen molar-refractivity contribution in [1.29, 1.82) is 0 Å². The Labute approximate surface area is 130 Å². The average Bonchev–Trinajstić information content (AvgIpc) is 2.46. The molecule has 0 fully saturated rings. The predicted octanol–water partition coefficient (Wildman–Crippen LogP) is 2.06. The van der Waals surface area contributed by atoms with Crippen LogP contribution in [0, 0.1) is 17.6 Å². The highest BCUT2D eigenvalue weighted by Crippen LogP contribution is 2.39. The Hall–Kier alpha value is -2.44. The molecular formula is C16H14F2O5. The summed E-state index contributed by atoms with van der Waals surface area (Å²) in [5, 5.41) is 8.61. The number of halogens is 2. The van der Waals surface area contributed by atoms with Gasteiger partial charge < -0.3 is 5.11 Å². The summed E-state index contributed by atoms with van der Waals surface area (Å²) in [5.74, 6) is -7.98. The molecule has 0 saturated carbocycles. The Kier molecular flexibility index (Phi) is 4.15. The summed E-state index contributed by atoms with van der Waals surface area (Å²) in [6, 6.07) is 1.80. The van der Waals surface area contributed by atoms with E-state index in [1.165, 1.54) is 13.8 Å². The standard InChI is InChI=1S/C16H14F2O5/c1-16(2)12-7(3-4-8(17)13(12)18)14(22)11(15(16)23)9(19)5-6-10(20)21/h3-4,11H,5-6H2,1-2H3,(H,20,21). The second-order valence-corrected chi connectivity index (χ2v) is 5.93. The zero-order valence-electron chi connectivity index (χ0n) is 12.5. The SMILES string of the molecule is CC1(C)C(=O)C(C(=O)CCC(=O)O)C(=O)c2ccc(F)c(F)c21. The van der Waals surface area contributed by atoms with Crippen molar-refractivity contribution in [3.63, 3.8) is 0 Å². The number of fused-ring (bicyclic) bond motifs is 1. The number of ketones is 3. The monoisotopic (exact) mass is 324 g/mol. The third-order valence-corrected chi connectivity index (χ3v) is 4.03. The van der Waals surface area contributed by atoms with Gasteiger partial charge in [-0.2, -0.15) is 0 Å². The Balaban J connectivity index is 2.53. The van der Waals surface area contributed by atoms with Crippen LogP contribution in [0.5, 0.6) is 0 Å². The van der Waals surface area contributed by atoms with Gasteiger partial charge in [0.25, 0.3) is 0 Å². The Morgan fingerprint density at radius 2 is 1.78 bits per heavy atom. The van der Waals surface area contributed by atoms with E-state index in [1.54, 1.807) is 0 Å². The molecule has 0 radical (unpaired) electrons. The molecule has 1 aromatic carbocycles. The van der Waals surface area contributed by atoms with E-state index in [4.69, 9.17) is 5.11 Å². The van der Waals surface area contributed by atoms with Crippen LogP contribution in [0.4, 0.5) is 8.78 Å². The lowest BCUT2D eigenvalue weighted by molar-refractivity contribution is -0.140. The zero-order chi connectivity index (χ0) is 17.5. The first-order valence-electron chi connectivity index (χ1n) is 6.90. The minimum Gasteiger partial charge on any atom is -0.481 e. The lowest BCUT2D eigenvalue weighted by atomic mass is 9.65. The smallest absolute Gasteiger partial charge is 0.303 e. The minimum absolute atomic E-state index is 0.220. The highest BCUT2D eigenvalue weighted by atomic mass is 19.2. The van der Waals surface area contributed by atoms with Gasteiger partial charge in [-0.15, -0.1) is 0 Å². The number of Topliss-reactive ketones (excluding diaryl/α,β-unsaturated/α-hetero) is 3. The van der Waals surface area contributed by atoms with E-state index in [0.29, 0.717) is 0 Å². The third-order valence-electron chi connectivity index (χ3n) is 4.03. The van der Waals surface area contributed by atoms with E-state index in [1.807, 2.05) is 0 Å². The fourth-order valence-corrected chi connectivity index (χ4v) is 2.79. The van der Waals surface area contributed by atoms with Gasteiger partial charge in [0, 0.05) is 17.5 Å². The molecule has 0 bridgehead atoms. The molecule has 0 spiro atoms. The Bertz CT molecular complexity index is 736. The third kappa shape index (κ3) is 2.67. The van der Waals surface area contributed by atoms with Crippen molar-refractivity contribution in [2.75, 3.05) is 0 Å². The van der Waals surface area contributed by atoms with E-state index >= 15 is 0 Å². The molecule has 0 saturated heterocycles. The van der Waals surface area contributed by atoms with Crippen molar-refractivity contribution in [1.82, 2.24) is 0 Å². The maximum Gasteiger partial charge on any atom is 0.303 e. The van der Waals surface area contributed by atoms with Crippen LogP contribution < -0.4 is 0 Å². The number of hydrogen-bond donors (Lipinski definition) is 1. The normalized spacial score (nSPS) is 19.4. The molecule has 1 unspecified atom stereocenters. The summed E-state index contributed by atoms with van der Waals surface area (Å²) in [7, 11) is 0. The van der Waals surface area contributed by atoms with Gasteiger partial charge in [0.15, 0.2) is 29.0 Å². The van der Waals surface area contributed by atoms with Crippen LogP contribution in [0.25, 0.3) is 0 Å². The van der Waals surface area contributed by atoms with Gasteiger partial charge >= 0.3 is 5.97 Å². The van der Waals surface area contributed by atoms with E-state index < -0.39 is 59.1 Å². The molecule has 0 amide bonds. The summed E-state index contributed by atoms with van der Waals surface area (Å²) in [5.41, 5.74) is -2.16. The first kappa shape index (κ1) is 16.9. The number of carboxylic acids is 1. The van der Waals surface area contributed by atoms with Gasteiger partial charge in [0.2, 0.25) is 0 Å². The largest absolute Gasteiger partial charge is 0.481 e. The molecule has 1 aromatic rings. The summed E-state index contributed by atoms with van der Waals surface area (Å²) in [6.45, 7) is 2.61. The molecule has 0 heterocycles. The number of hydrogen-bond acceptors (Lipinski definition) is 4. The maximum absolute atomic E-state index is 14.1. The van der Waals surface area contributed by atoms with Gasteiger partial charge in [-0.1, -0.05) is 0 Å². The molecule has 0 aliphatic heterocycles. The lowest BCUT2D eigenvalue weighted by Crippen LogP contribution is -2.48. The average molecular weight is 324 g/mol. The first-order chi connectivity index (χ1) is 10.6. The van der Waals surface area contributed by atoms with Crippen molar-refractivity contribution in [3.05, 3.63) is 34.9 Å².